The van der Waals surface area contributed by atoms with E-state index in [1.54, 1.807) is 48.5 Å². The minimum absolute atomic E-state index is 0.363. The van der Waals surface area contributed by atoms with Crippen molar-refractivity contribution in [3.05, 3.63) is 106 Å². The molecule has 0 aliphatic carbocycles. The van der Waals surface area contributed by atoms with Crippen molar-refractivity contribution >= 4 is 35.3 Å². The van der Waals surface area contributed by atoms with Crippen molar-refractivity contribution in [3.63, 3.8) is 0 Å². The maximum absolute atomic E-state index is 12.9. The summed E-state index contributed by atoms with van der Waals surface area (Å²) in [5.41, 5.74) is 2.00. The smallest absolute Gasteiger partial charge is 0.281 e. The molecule has 3 aromatic rings. The van der Waals surface area contributed by atoms with Crippen molar-refractivity contribution in [3.8, 4) is 0 Å². The standard InChI is InChI=1S/C21H16Cl2N2O2/c22-18-10-6-16(7-11-18)21(27,17-8-12-19(23)13-9-17)20(26)25-24-14-15-4-2-1-3-5-15/h1-14,27H,(H,25,26)/b24-14-. The van der Waals surface area contributed by atoms with E-state index in [1.165, 1.54) is 6.21 Å². The molecule has 6 heteroatoms. The Morgan fingerprint density at radius 2 is 1.33 bits per heavy atom. The highest BCUT2D eigenvalue weighted by Crippen LogP contribution is 2.31. The molecule has 2 N–H and O–H groups in total. The first-order chi connectivity index (χ1) is 13.0. The van der Waals surface area contributed by atoms with Gasteiger partial charge in [0.05, 0.1) is 6.21 Å². The first-order valence-corrected chi connectivity index (χ1v) is 8.89. The lowest BCUT2D eigenvalue weighted by Crippen LogP contribution is -2.43. The molecule has 136 valence electrons. The van der Waals surface area contributed by atoms with Crippen LogP contribution >= 0.6 is 23.2 Å². The Bertz CT molecular complexity index is 895. The summed E-state index contributed by atoms with van der Waals surface area (Å²) in [4.78, 5) is 12.9. The molecule has 0 saturated carbocycles. The first-order valence-electron chi connectivity index (χ1n) is 8.13. The van der Waals surface area contributed by atoms with Gasteiger partial charge >= 0.3 is 0 Å². The number of nitrogens with one attached hydrogen (secondary N) is 1. The predicted octanol–water partition coefficient (Wildman–Crippen LogP) is 4.38. The second kappa shape index (κ2) is 8.35. The Balaban J connectivity index is 1.93. The molecule has 27 heavy (non-hydrogen) atoms. The number of nitrogens with zero attached hydrogens (tertiary/aromatic N) is 1. The van der Waals surface area contributed by atoms with Crippen molar-refractivity contribution < 1.29 is 9.90 Å². The van der Waals surface area contributed by atoms with Gasteiger partial charge in [-0.05, 0) is 41.0 Å². The molecule has 0 spiro atoms. The van der Waals surface area contributed by atoms with Crippen LogP contribution in [0.4, 0.5) is 0 Å². The van der Waals surface area contributed by atoms with Gasteiger partial charge in [-0.3, -0.25) is 4.79 Å². The maximum Gasteiger partial charge on any atom is 0.281 e. The third-order valence-corrected chi connectivity index (χ3v) is 4.54. The molecule has 0 heterocycles. The van der Waals surface area contributed by atoms with Gasteiger partial charge in [0.15, 0.2) is 5.60 Å². The van der Waals surface area contributed by atoms with Gasteiger partial charge in [-0.2, -0.15) is 5.10 Å². The molecule has 0 atom stereocenters. The third-order valence-electron chi connectivity index (χ3n) is 4.03. The molecular formula is C21H16Cl2N2O2. The average molecular weight is 399 g/mol. The zero-order chi connectivity index (χ0) is 19.3. The summed E-state index contributed by atoms with van der Waals surface area (Å²) in [5.74, 6) is -0.695. The van der Waals surface area contributed by atoms with Crippen molar-refractivity contribution in [1.29, 1.82) is 0 Å². The van der Waals surface area contributed by atoms with E-state index in [1.807, 2.05) is 30.3 Å². The Morgan fingerprint density at radius 3 is 1.81 bits per heavy atom. The van der Waals surface area contributed by atoms with Crippen LogP contribution in [0.1, 0.15) is 16.7 Å². The molecule has 0 aromatic heterocycles. The molecule has 0 radical (unpaired) electrons. The number of hydrogen-bond acceptors (Lipinski definition) is 3. The third kappa shape index (κ3) is 4.37. The molecular weight excluding hydrogens is 383 g/mol. The lowest BCUT2D eigenvalue weighted by molar-refractivity contribution is -0.136. The summed E-state index contributed by atoms with van der Waals surface area (Å²) < 4.78 is 0. The van der Waals surface area contributed by atoms with Crippen LogP contribution in [0.3, 0.4) is 0 Å². The van der Waals surface area contributed by atoms with Crippen LogP contribution in [-0.4, -0.2) is 17.2 Å². The first kappa shape index (κ1) is 19.1. The van der Waals surface area contributed by atoms with Gasteiger partial charge in [0.2, 0.25) is 0 Å². The molecule has 1 amide bonds. The van der Waals surface area contributed by atoms with E-state index in [4.69, 9.17) is 23.2 Å². The molecule has 3 aromatic carbocycles. The van der Waals surface area contributed by atoms with Gasteiger partial charge < -0.3 is 5.11 Å². The molecule has 0 saturated heterocycles. The summed E-state index contributed by atoms with van der Waals surface area (Å²) in [6.45, 7) is 0. The van der Waals surface area contributed by atoms with Crippen molar-refractivity contribution in [2.75, 3.05) is 0 Å². The fraction of sp³-hybridized carbons (Fsp3) is 0.0476. The van der Waals surface area contributed by atoms with Crippen LogP contribution in [0.25, 0.3) is 0 Å². The second-order valence-electron chi connectivity index (χ2n) is 5.83. The number of carbonyl (C=O) groups is 1. The van der Waals surface area contributed by atoms with Gasteiger partial charge in [0.1, 0.15) is 0 Å². The molecule has 4 nitrogen and oxygen atoms in total. The van der Waals surface area contributed by atoms with E-state index in [9.17, 15) is 9.90 Å². The second-order valence-corrected chi connectivity index (χ2v) is 6.71. The SMILES string of the molecule is O=C(N/N=C\c1ccccc1)C(O)(c1ccc(Cl)cc1)c1ccc(Cl)cc1. The molecule has 0 aliphatic rings. The fourth-order valence-electron chi connectivity index (χ4n) is 2.60. The molecule has 0 aliphatic heterocycles. The highest BCUT2D eigenvalue weighted by atomic mass is 35.5. The van der Waals surface area contributed by atoms with E-state index in [0.717, 1.165) is 5.56 Å². The normalized spacial score (nSPS) is 11.5. The van der Waals surface area contributed by atoms with E-state index in [-0.39, 0.29) is 0 Å². The number of carbonyl (C=O) groups excluding carboxylic acids is 1. The number of aliphatic hydroxyl groups is 1. The van der Waals surface area contributed by atoms with Crippen LogP contribution in [0.2, 0.25) is 10.0 Å². The van der Waals surface area contributed by atoms with Gasteiger partial charge in [-0.15, -0.1) is 0 Å². The van der Waals surface area contributed by atoms with E-state index in [0.29, 0.717) is 21.2 Å². The Kier molecular flexibility index (Phi) is 5.91. The zero-order valence-corrected chi connectivity index (χ0v) is 15.7. The average Bonchev–Trinajstić information content (AvgIpc) is 2.69. The zero-order valence-electron chi connectivity index (χ0n) is 14.1. The minimum Gasteiger partial charge on any atom is -0.372 e. The van der Waals surface area contributed by atoms with E-state index in [2.05, 4.69) is 10.5 Å². The lowest BCUT2D eigenvalue weighted by Gasteiger charge is -2.27. The Hall–Kier alpha value is -2.66. The number of hydrogen-bond donors (Lipinski definition) is 2. The fourth-order valence-corrected chi connectivity index (χ4v) is 2.85. The minimum atomic E-state index is -1.96. The van der Waals surface area contributed by atoms with Crippen LogP contribution < -0.4 is 5.43 Å². The van der Waals surface area contributed by atoms with Gasteiger partial charge in [0, 0.05) is 10.0 Å². The van der Waals surface area contributed by atoms with Gasteiger partial charge in [-0.25, -0.2) is 5.43 Å². The topological polar surface area (TPSA) is 61.7 Å². The predicted molar refractivity (Wildman–Crippen MR) is 108 cm³/mol. The summed E-state index contributed by atoms with van der Waals surface area (Å²) >= 11 is 11.9. The summed E-state index contributed by atoms with van der Waals surface area (Å²) in [6, 6.07) is 22.1. The lowest BCUT2D eigenvalue weighted by atomic mass is 9.85. The largest absolute Gasteiger partial charge is 0.372 e. The van der Waals surface area contributed by atoms with E-state index < -0.39 is 11.5 Å². The maximum atomic E-state index is 12.9. The van der Waals surface area contributed by atoms with Gasteiger partial charge in [0.25, 0.3) is 5.91 Å². The molecule has 0 bridgehead atoms. The Morgan fingerprint density at radius 1 is 0.852 bits per heavy atom. The molecule has 0 unspecified atom stereocenters. The quantitative estimate of drug-likeness (QED) is 0.494. The summed E-state index contributed by atoms with van der Waals surface area (Å²) in [6.07, 6.45) is 1.50. The number of amides is 1. The highest BCUT2D eigenvalue weighted by molar-refractivity contribution is 6.30. The number of benzene rings is 3. The van der Waals surface area contributed by atoms with Gasteiger partial charge in [-0.1, -0.05) is 77.8 Å². The molecule has 0 fully saturated rings. The molecule has 3 rings (SSSR count). The monoisotopic (exact) mass is 398 g/mol. The Labute approximate surface area is 167 Å². The van der Waals surface area contributed by atoms with E-state index >= 15 is 0 Å². The van der Waals surface area contributed by atoms with Crippen LogP contribution in [-0.2, 0) is 10.4 Å². The van der Waals surface area contributed by atoms with Crippen molar-refractivity contribution in [2.45, 2.75) is 5.60 Å². The van der Waals surface area contributed by atoms with Crippen LogP contribution in [0.15, 0.2) is 84.0 Å². The van der Waals surface area contributed by atoms with Crippen molar-refractivity contribution in [1.82, 2.24) is 5.43 Å². The number of rotatable bonds is 5. The van der Waals surface area contributed by atoms with Crippen molar-refractivity contribution in [2.24, 2.45) is 5.10 Å². The number of halogens is 2. The van der Waals surface area contributed by atoms with Crippen LogP contribution in [0, 0.1) is 0 Å². The summed E-state index contributed by atoms with van der Waals surface area (Å²) in [5, 5.41) is 16.3. The summed E-state index contributed by atoms with van der Waals surface area (Å²) in [7, 11) is 0. The number of hydrazone groups is 1. The highest BCUT2D eigenvalue weighted by Gasteiger charge is 2.40. The van der Waals surface area contributed by atoms with Crippen LogP contribution in [0.5, 0.6) is 0 Å².